The number of carbonyl (C=O) groups is 1. The SMILES string of the molecule is Cc1nc(-c2nnc([C@]3(C)CCNC3=O)o2)c(Nc2ccc(C(F)(F)F)cc2)n1C. The zero-order chi connectivity index (χ0) is 21.7. The van der Waals surface area contributed by atoms with Gasteiger partial charge in [0.1, 0.15) is 17.1 Å². The summed E-state index contributed by atoms with van der Waals surface area (Å²) in [5, 5.41) is 13.9. The van der Waals surface area contributed by atoms with Crippen LogP contribution < -0.4 is 10.6 Å². The van der Waals surface area contributed by atoms with E-state index in [1.165, 1.54) is 12.1 Å². The molecule has 1 amide bonds. The monoisotopic (exact) mass is 420 g/mol. The van der Waals surface area contributed by atoms with E-state index >= 15 is 0 Å². The molecule has 1 atom stereocenters. The number of amides is 1. The van der Waals surface area contributed by atoms with Gasteiger partial charge in [-0.05, 0) is 44.5 Å². The second-order valence-electron chi connectivity index (χ2n) is 7.37. The molecular weight excluding hydrogens is 401 g/mol. The molecule has 1 aromatic carbocycles. The third-order valence-electron chi connectivity index (χ3n) is 5.31. The van der Waals surface area contributed by atoms with Gasteiger partial charge in [-0.3, -0.25) is 4.79 Å². The molecule has 1 fully saturated rings. The van der Waals surface area contributed by atoms with Crippen LogP contribution in [0.2, 0.25) is 0 Å². The van der Waals surface area contributed by atoms with Crippen molar-refractivity contribution in [3.63, 3.8) is 0 Å². The maximum atomic E-state index is 12.8. The van der Waals surface area contributed by atoms with Gasteiger partial charge in [0.2, 0.25) is 11.8 Å². The van der Waals surface area contributed by atoms with Crippen LogP contribution in [-0.4, -0.2) is 32.2 Å². The molecule has 11 heteroatoms. The van der Waals surface area contributed by atoms with Crippen molar-refractivity contribution in [3.8, 4) is 11.6 Å². The van der Waals surface area contributed by atoms with E-state index < -0.39 is 17.2 Å². The van der Waals surface area contributed by atoms with E-state index in [0.29, 0.717) is 36.0 Å². The Hall–Kier alpha value is -3.37. The predicted molar refractivity (Wildman–Crippen MR) is 101 cm³/mol. The summed E-state index contributed by atoms with van der Waals surface area (Å²) in [6, 6.07) is 4.65. The molecule has 4 rings (SSSR count). The fraction of sp³-hybridized carbons (Fsp3) is 0.368. The Kier molecular flexibility index (Phi) is 4.55. The van der Waals surface area contributed by atoms with Gasteiger partial charge in [-0.15, -0.1) is 10.2 Å². The van der Waals surface area contributed by atoms with Gasteiger partial charge >= 0.3 is 6.18 Å². The average molecular weight is 420 g/mol. The number of alkyl halides is 3. The van der Waals surface area contributed by atoms with Crippen LogP contribution in [0.15, 0.2) is 28.7 Å². The van der Waals surface area contributed by atoms with Crippen molar-refractivity contribution in [2.45, 2.75) is 31.9 Å². The van der Waals surface area contributed by atoms with E-state index in [-0.39, 0.29) is 17.7 Å². The van der Waals surface area contributed by atoms with Gasteiger partial charge in [-0.25, -0.2) is 4.98 Å². The van der Waals surface area contributed by atoms with E-state index in [4.69, 9.17) is 4.42 Å². The van der Waals surface area contributed by atoms with Gasteiger partial charge in [0.25, 0.3) is 5.89 Å². The van der Waals surface area contributed by atoms with Crippen molar-refractivity contribution >= 4 is 17.4 Å². The molecule has 0 radical (unpaired) electrons. The maximum absolute atomic E-state index is 12.8. The minimum absolute atomic E-state index is 0.115. The number of hydrogen-bond donors (Lipinski definition) is 2. The number of carbonyl (C=O) groups excluding carboxylic acids is 1. The highest BCUT2D eigenvalue weighted by Gasteiger charge is 2.44. The highest BCUT2D eigenvalue weighted by atomic mass is 19.4. The van der Waals surface area contributed by atoms with Crippen molar-refractivity contribution in [3.05, 3.63) is 41.5 Å². The minimum atomic E-state index is -4.41. The van der Waals surface area contributed by atoms with Crippen LogP contribution in [0.1, 0.15) is 30.6 Å². The van der Waals surface area contributed by atoms with Crippen LogP contribution in [0.4, 0.5) is 24.7 Å². The van der Waals surface area contributed by atoms with Gasteiger partial charge in [-0.1, -0.05) is 0 Å². The topological polar surface area (TPSA) is 97.9 Å². The van der Waals surface area contributed by atoms with Crippen molar-refractivity contribution in [2.24, 2.45) is 7.05 Å². The van der Waals surface area contributed by atoms with Crippen molar-refractivity contribution in [1.82, 2.24) is 25.1 Å². The number of rotatable bonds is 4. The van der Waals surface area contributed by atoms with Crippen LogP contribution in [0.25, 0.3) is 11.6 Å². The highest BCUT2D eigenvalue weighted by molar-refractivity contribution is 5.88. The predicted octanol–water partition coefficient (Wildman–Crippen LogP) is 3.32. The number of nitrogens with zero attached hydrogens (tertiary/aromatic N) is 4. The van der Waals surface area contributed by atoms with Gasteiger partial charge in [-0.2, -0.15) is 13.2 Å². The van der Waals surface area contributed by atoms with Gasteiger partial charge in [0.15, 0.2) is 5.69 Å². The molecule has 3 heterocycles. The van der Waals surface area contributed by atoms with Crippen molar-refractivity contribution in [1.29, 1.82) is 0 Å². The smallest absolute Gasteiger partial charge is 0.416 e. The van der Waals surface area contributed by atoms with Crippen LogP contribution in [0, 0.1) is 6.92 Å². The molecule has 0 spiro atoms. The summed E-state index contributed by atoms with van der Waals surface area (Å²) in [4.78, 5) is 16.6. The zero-order valence-electron chi connectivity index (χ0n) is 16.5. The normalized spacial score (nSPS) is 19.2. The lowest BCUT2D eigenvalue weighted by Crippen LogP contribution is -2.32. The summed E-state index contributed by atoms with van der Waals surface area (Å²) in [6.07, 6.45) is -3.87. The second kappa shape index (κ2) is 6.85. The van der Waals surface area contributed by atoms with E-state index in [9.17, 15) is 18.0 Å². The maximum Gasteiger partial charge on any atom is 0.416 e. The lowest BCUT2D eigenvalue weighted by atomic mass is 9.89. The number of imidazole rings is 1. The Morgan fingerprint density at radius 3 is 2.53 bits per heavy atom. The third kappa shape index (κ3) is 3.29. The lowest BCUT2D eigenvalue weighted by Gasteiger charge is -2.14. The summed E-state index contributed by atoms with van der Waals surface area (Å²) in [6.45, 7) is 4.03. The summed E-state index contributed by atoms with van der Waals surface area (Å²) >= 11 is 0. The summed E-state index contributed by atoms with van der Waals surface area (Å²) in [5.74, 6) is 1.23. The van der Waals surface area contributed by atoms with Gasteiger partial charge in [0, 0.05) is 19.3 Å². The molecule has 8 nitrogen and oxygen atoms in total. The molecule has 0 aliphatic carbocycles. The van der Waals surface area contributed by atoms with Gasteiger partial charge < -0.3 is 19.6 Å². The number of halogens is 3. The van der Waals surface area contributed by atoms with Crippen molar-refractivity contribution in [2.75, 3.05) is 11.9 Å². The van der Waals surface area contributed by atoms with Gasteiger partial charge in [0.05, 0.1) is 5.56 Å². The number of aromatic nitrogens is 4. The standard InChI is InChI=1S/C19H19F3N6O2/c1-10-24-13(15-26-27-17(30-15)18(2)8-9-23-16(18)29)14(28(10)3)25-12-6-4-11(5-7-12)19(20,21)22/h4-7,25H,8-9H2,1-3H3,(H,23,29)/t18-/m1/s1. The average Bonchev–Trinajstić information content (AvgIpc) is 3.37. The Bertz CT molecular complexity index is 1100. The Morgan fingerprint density at radius 1 is 1.23 bits per heavy atom. The molecule has 0 unspecified atom stereocenters. The first-order valence-electron chi connectivity index (χ1n) is 9.20. The summed E-state index contributed by atoms with van der Waals surface area (Å²) < 4.78 is 45.9. The first-order chi connectivity index (χ1) is 14.1. The number of benzene rings is 1. The number of aryl methyl sites for hydroxylation is 1. The quantitative estimate of drug-likeness (QED) is 0.672. The molecular formula is C19H19F3N6O2. The van der Waals surface area contributed by atoms with Crippen LogP contribution >= 0.6 is 0 Å². The van der Waals surface area contributed by atoms with Crippen LogP contribution in [0.3, 0.4) is 0 Å². The first kappa shape index (κ1) is 19.9. The second-order valence-corrected chi connectivity index (χ2v) is 7.37. The van der Waals surface area contributed by atoms with E-state index in [0.717, 1.165) is 12.1 Å². The lowest BCUT2D eigenvalue weighted by molar-refractivity contribution is -0.137. The molecule has 2 N–H and O–H groups in total. The fourth-order valence-electron chi connectivity index (χ4n) is 3.26. The molecule has 3 aromatic rings. The molecule has 0 bridgehead atoms. The minimum Gasteiger partial charge on any atom is -0.418 e. The summed E-state index contributed by atoms with van der Waals surface area (Å²) in [5.41, 5.74) is -0.861. The summed E-state index contributed by atoms with van der Waals surface area (Å²) in [7, 11) is 1.75. The van der Waals surface area contributed by atoms with Crippen molar-refractivity contribution < 1.29 is 22.4 Å². The largest absolute Gasteiger partial charge is 0.418 e. The van der Waals surface area contributed by atoms with E-state index in [1.807, 2.05) is 0 Å². The first-order valence-corrected chi connectivity index (χ1v) is 9.20. The Labute approximate surface area is 169 Å². The molecule has 1 saturated heterocycles. The molecule has 158 valence electrons. The number of anilines is 2. The number of nitrogens with one attached hydrogen (secondary N) is 2. The molecule has 1 aliphatic heterocycles. The Balaban J connectivity index is 1.67. The fourth-order valence-corrected chi connectivity index (χ4v) is 3.26. The Morgan fingerprint density at radius 2 is 1.93 bits per heavy atom. The van der Waals surface area contributed by atoms with Crippen LogP contribution in [0.5, 0.6) is 0 Å². The van der Waals surface area contributed by atoms with Crippen LogP contribution in [-0.2, 0) is 23.4 Å². The number of hydrogen-bond acceptors (Lipinski definition) is 6. The van der Waals surface area contributed by atoms with E-state index in [1.54, 1.807) is 25.5 Å². The zero-order valence-corrected chi connectivity index (χ0v) is 16.5. The molecule has 2 aromatic heterocycles. The molecule has 1 aliphatic rings. The third-order valence-corrected chi connectivity index (χ3v) is 5.31. The molecule has 30 heavy (non-hydrogen) atoms. The van der Waals surface area contributed by atoms with E-state index in [2.05, 4.69) is 25.8 Å². The molecule has 0 saturated carbocycles. The highest BCUT2D eigenvalue weighted by Crippen LogP contribution is 2.35.